The van der Waals surface area contributed by atoms with Gasteiger partial charge < -0.3 is 10.2 Å². The first-order chi connectivity index (χ1) is 13.2. The van der Waals surface area contributed by atoms with Gasteiger partial charge in [0, 0.05) is 24.4 Å². The number of benzene rings is 2. The van der Waals surface area contributed by atoms with Crippen LogP contribution in [0, 0.1) is 5.92 Å². The highest BCUT2D eigenvalue weighted by Gasteiger charge is 2.44. The minimum atomic E-state index is -0.111. The van der Waals surface area contributed by atoms with E-state index in [1.807, 2.05) is 41.3 Å². The molecule has 0 bridgehead atoms. The zero-order valence-electron chi connectivity index (χ0n) is 15.9. The number of likely N-dealkylation sites (tertiary alicyclic amines) is 1. The molecule has 0 aromatic heterocycles. The molecule has 2 aliphatic rings. The SMILES string of the molecule is CC(C)C1=C2C(=NCCN1)C(=O)N(Cc1ccccc1)C2c1ccccc1. The number of allylic oxidation sites excluding steroid dienone is 1. The van der Waals surface area contributed by atoms with E-state index in [0.717, 1.165) is 28.9 Å². The number of hydrogen-bond donors (Lipinski definition) is 1. The number of amides is 1. The molecule has 1 saturated heterocycles. The lowest BCUT2D eigenvalue weighted by molar-refractivity contribution is -0.124. The van der Waals surface area contributed by atoms with Crippen LogP contribution in [0.4, 0.5) is 0 Å². The summed E-state index contributed by atoms with van der Waals surface area (Å²) < 4.78 is 0. The van der Waals surface area contributed by atoms with Crippen LogP contribution in [0.5, 0.6) is 0 Å². The predicted octanol–water partition coefficient (Wildman–Crippen LogP) is 3.72. The fraction of sp³-hybridized carbons (Fsp3) is 0.304. The molecule has 2 heterocycles. The molecular formula is C23H25N3O. The summed E-state index contributed by atoms with van der Waals surface area (Å²) in [6, 6.07) is 20.4. The van der Waals surface area contributed by atoms with E-state index >= 15 is 0 Å². The minimum absolute atomic E-state index is 0.0320. The van der Waals surface area contributed by atoms with E-state index < -0.39 is 0 Å². The van der Waals surface area contributed by atoms with E-state index in [1.54, 1.807) is 0 Å². The Balaban J connectivity index is 1.87. The summed E-state index contributed by atoms with van der Waals surface area (Å²) in [4.78, 5) is 20.0. The van der Waals surface area contributed by atoms with E-state index in [-0.39, 0.29) is 11.9 Å². The van der Waals surface area contributed by atoms with Crippen LogP contribution >= 0.6 is 0 Å². The third-order valence-corrected chi connectivity index (χ3v) is 5.18. The Morgan fingerprint density at radius 1 is 1.07 bits per heavy atom. The molecule has 0 radical (unpaired) electrons. The first-order valence-electron chi connectivity index (χ1n) is 9.59. The van der Waals surface area contributed by atoms with Crippen LogP contribution in [0.15, 0.2) is 76.9 Å². The number of hydrogen-bond acceptors (Lipinski definition) is 3. The average Bonchev–Trinajstić information content (AvgIpc) is 2.84. The van der Waals surface area contributed by atoms with Gasteiger partial charge in [-0.2, -0.15) is 0 Å². The number of rotatable bonds is 4. The quantitative estimate of drug-likeness (QED) is 0.904. The van der Waals surface area contributed by atoms with Crippen molar-refractivity contribution in [3.8, 4) is 0 Å². The molecule has 0 aliphatic carbocycles. The third-order valence-electron chi connectivity index (χ3n) is 5.18. The molecule has 2 aromatic carbocycles. The molecule has 4 nitrogen and oxygen atoms in total. The van der Waals surface area contributed by atoms with Crippen molar-refractivity contribution in [3.63, 3.8) is 0 Å². The molecule has 1 atom stereocenters. The number of nitrogens with one attached hydrogen (secondary N) is 1. The number of nitrogens with zero attached hydrogens (tertiary/aromatic N) is 2. The van der Waals surface area contributed by atoms with Gasteiger partial charge in [-0.15, -0.1) is 0 Å². The van der Waals surface area contributed by atoms with Crippen LogP contribution < -0.4 is 5.32 Å². The molecule has 1 fully saturated rings. The lowest BCUT2D eigenvalue weighted by Gasteiger charge is -2.27. The number of aliphatic imine (C=N–C) groups is 1. The second kappa shape index (κ2) is 7.39. The summed E-state index contributed by atoms with van der Waals surface area (Å²) >= 11 is 0. The molecule has 2 aliphatic heterocycles. The van der Waals surface area contributed by atoms with Crippen molar-refractivity contribution in [2.45, 2.75) is 26.4 Å². The van der Waals surface area contributed by atoms with Crippen LogP contribution in [0.1, 0.15) is 31.0 Å². The van der Waals surface area contributed by atoms with E-state index in [0.29, 0.717) is 24.7 Å². The highest BCUT2D eigenvalue weighted by molar-refractivity contribution is 6.48. The highest BCUT2D eigenvalue weighted by Crippen LogP contribution is 2.40. The largest absolute Gasteiger partial charge is 0.386 e. The van der Waals surface area contributed by atoms with Crippen molar-refractivity contribution in [2.75, 3.05) is 13.1 Å². The number of fused-ring (bicyclic) bond motifs is 1. The van der Waals surface area contributed by atoms with Gasteiger partial charge in [-0.3, -0.25) is 9.79 Å². The lowest BCUT2D eigenvalue weighted by Crippen LogP contribution is -2.30. The summed E-state index contributed by atoms with van der Waals surface area (Å²) in [7, 11) is 0. The number of carbonyl (C=O) groups excluding carboxylic acids is 1. The maximum Gasteiger partial charge on any atom is 0.273 e. The Morgan fingerprint density at radius 2 is 1.74 bits per heavy atom. The molecule has 2 aromatic rings. The Bertz CT molecular complexity index is 884. The van der Waals surface area contributed by atoms with Crippen molar-refractivity contribution in [1.29, 1.82) is 0 Å². The monoisotopic (exact) mass is 359 g/mol. The zero-order chi connectivity index (χ0) is 18.8. The summed E-state index contributed by atoms with van der Waals surface area (Å²) in [5, 5.41) is 3.54. The topological polar surface area (TPSA) is 44.7 Å². The van der Waals surface area contributed by atoms with E-state index in [9.17, 15) is 4.79 Å². The van der Waals surface area contributed by atoms with Gasteiger partial charge >= 0.3 is 0 Å². The van der Waals surface area contributed by atoms with E-state index in [1.165, 1.54) is 0 Å². The van der Waals surface area contributed by atoms with Gasteiger partial charge in [-0.05, 0) is 17.0 Å². The van der Waals surface area contributed by atoms with Gasteiger partial charge in [0.2, 0.25) is 0 Å². The maximum atomic E-state index is 13.4. The summed E-state index contributed by atoms with van der Waals surface area (Å²) in [5.41, 5.74) is 5.08. The van der Waals surface area contributed by atoms with Crippen molar-refractivity contribution < 1.29 is 4.79 Å². The summed E-state index contributed by atoms with van der Waals surface area (Å²) in [5.74, 6) is 0.337. The standard InChI is InChI=1S/C23H25N3O/c1-16(2)20-19-21(25-14-13-24-20)23(27)26(15-17-9-5-3-6-10-17)22(19)18-11-7-4-8-12-18/h3-12,16,22,24H,13-15H2,1-2H3. The second-order valence-corrected chi connectivity index (χ2v) is 7.37. The van der Waals surface area contributed by atoms with Crippen molar-refractivity contribution >= 4 is 11.6 Å². The van der Waals surface area contributed by atoms with Crippen LogP contribution in [-0.2, 0) is 11.3 Å². The van der Waals surface area contributed by atoms with Gasteiger partial charge in [-0.25, -0.2) is 0 Å². The normalized spacial score (nSPS) is 19.7. The maximum absolute atomic E-state index is 13.4. The molecule has 27 heavy (non-hydrogen) atoms. The molecule has 1 unspecified atom stereocenters. The van der Waals surface area contributed by atoms with E-state index in [2.05, 4.69) is 48.4 Å². The third kappa shape index (κ3) is 3.27. The molecular weight excluding hydrogens is 334 g/mol. The van der Waals surface area contributed by atoms with Crippen molar-refractivity contribution in [2.24, 2.45) is 10.9 Å². The van der Waals surface area contributed by atoms with Gasteiger partial charge in [0.1, 0.15) is 5.71 Å². The smallest absolute Gasteiger partial charge is 0.273 e. The fourth-order valence-corrected chi connectivity index (χ4v) is 3.98. The Labute approximate surface area is 160 Å². The van der Waals surface area contributed by atoms with Gasteiger partial charge in [-0.1, -0.05) is 74.5 Å². The fourth-order valence-electron chi connectivity index (χ4n) is 3.98. The highest BCUT2D eigenvalue weighted by atomic mass is 16.2. The minimum Gasteiger partial charge on any atom is -0.386 e. The molecule has 4 heteroatoms. The predicted molar refractivity (Wildman–Crippen MR) is 108 cm³/mol. The second-order valence-electron chi connectivity index (χ2n) is 7.37. The van der Waals surface area contributed by atoms with Gasteiger partial charge in [0.15, 0.2) is 0 Å². The average molecular weight is 359 g/mol. The summed E-state index contributed by atoms with van der Waals surface area (Å²) in [6.07, 6.45) is 0. The molecule has 4 rings (SSSR count). The van der Waals surface area contributed by atoms with E-state index in [4.69, 9.17) is 0 Å². The van der Waals surface area contributed by atoms with Crippen molar-refractivity contribution in [3.05, 3.63) is 83.1 Å². The van der Waals surface area contributed by atoms with Crippen LogP contribution in [0.3, 0.4) is 0 Å². The van der Waals surface area contributed by atoms with Crippen molar-refractivity contribution in [1.82, 2.24) is 10.2 Å². The Hall–Kier alpha value is -2.88. The molecule has 1 N–H and O–H groups in total. The number of carbonyl (C=O) groups is 1. The molecule has 138 valence electrons. The first kappa shape index (κ1) is 17.5. The van der Waals surface area contributed by atoms with Crippen LogP contribution in [0.25, 0.3) is 0 Å². The molecule has 0 spiro atoms. The molecule has 0 saturated carbocycles. The molecule has 1 amide bonds. The van der Waals surface area contributed by atoms with Crippen LogP contribution in [0.2, 0.25) is 0 Å². The van der Waals surface area contributed by atoms with Gasteiger partial charge in [0.25, 0.3) is 5.91 Å². The lowest BCUT2D eigenvalue weighted by atomic mass is 9.92. The first-order valence-corrected chi connectivity index (χ1v) is 9.59. The van der Waals surface area contributed by atoms with Crippen LogP contribution in [-0.4, -0.2) is 29.6 Å². The van der Waals surface area contributed by atoms with Gasteiger partial charge in [0.05, 0.1) is 12.6 Å². The zero-order valence-corrected chi connectivity index (χ0v) is 15.9. The Kier molecular flexibility index (Phi) is 4.80. The Morgan fingerprint density at radius 3 is 2.41 bits per heavy atom. The summed E-state index contributed by atoms with van der Waals surface area (Å²) in [6.45, 7) is 6.32.